The van der Waals surface area contributed by atoms with Crippen LogP contribution in [-0.2, 0) is 9.53 Å². The maximum Gasteiger partial charge on any atom is 0.328 e. The zero-order valence-electron chi connectivity index (χ0n) is 19.1. The third-order valence-electron chi connectivity index (χ3n) is 5.43. The Labute approximate surface area is 199 Å². The molecule has 2 atom stereocenters. The predicted molar refractivity (Wildman–Crippen MR) is 134 cm³/mol. The number of carbonyl (C=O) groups is 2. The summed E-state index contributed by atoms with van der Waals surface area (Å²) < 4.78 is 6.88. The Kier molecular flexibility index (Phi) is 8.89. The number of thioether (sulfide) groups is 1. The van der Waals surface area contributed by atoms with E-state index in [1.165, 1.54) is 7.11 Å². The number of hydrogen-bond acceptors (Lipinski definition) is 5. The maximum absolute atomic E-state index is 12.7. The zero-order valence-corrected chi connectivity index (χ0v) is 19.9. The molecule has 0 spiro atoms. The van der Waals surface area contributed by atoms with Gasteiger partial charge in [-0.2, -0.15) is 11.8 Å². The van der Waals surface area contributed by atoms with Crippen molar-refractivity contribution in [3.05, 3.63) is 90.0 Å². The fourth-order valence-corrected chi connectivity index (χ4v) is 3.99. The number of benzene rings is 2. The SMILES string of the molecule is COC(=O)[C@H](CCSC)NC(=O)c1ccc(/C=C(\c2ccccc2)C(C)n2ccnc2)cc1. The minimum absolute atomic E-state index is 0.0788. The fourth-order valence-electron chi connectivity index (χ4n) is 3.51. The number of nitrogens with one attached hydrogen (secondary N) is 1. The molecule has 0 fully saturated rings. The van der Waals surface area contributed by atoms with E-state index in [0.717, 1.165) is 22.5 Å². The van der Waals surface area contributed by atoms with Gasteiger partial charge in [-0.05, 0) is 60.3 Å². The standard InChI is InChI=1S/C26H29N3O3S/c1-19(29-15-14-27-18-29)23(21-7-5-4-6-8-21)17-20-9-11-22(12-10-20)25(30)28-24(13-16-33-3)26(31)32-2/h4-12,14-15,17-19,24H,13,16H2,1-3H3,(H,28,30)/b23-17-/t19?,24-/m0/s1. The highest BCUT2D eigenvalue weighted by Gasteiger charge is 2.21. The molecule has 1 unspecified atom stereocenters. The molecule has 6 nitrogen and oxygen atoms in total. The highest BCUT2D eigenvalue weighted by Crippen LogP contribution is 2.29. The average molecular weight is 464 g/mol. The normalized spacial score (nSPS) is 13.2. The van der Waals surface area contributed by atoms with Crippen molar-refractivity contribution >= 4 is 35.3 Å². The van der Waals surface area contributed by atoms with Crippen LogP contribution in [0.15, 0.2) is 73.3 Å². The van der Waals surface area contributed by atoms with Crippen LogP contribution in [-0.4, -0.2) is 46.6 Å². The molecule has 0 saturated heterocycles. The summed E-state index contributed by atoms with van der Waals surface area (Å²) in [6, 6.07) is 17.0. The van der Waals surface area contributed by atoms with Crippen LogP contribution in [0.3, 0.4) is 0 Å². The first-order valence-electron chi connectivity index (χ1n) is 10.8. The van der Waals surface area contributed by atoms with Gasteiger partial charge in [-0.15, -0.1) is 0 Å². The van der Waals surface area contributed by atoms with Crippen LogP contribution in [0.2, 0.25) is 0 Å². The van der Waals surface area contributed by atoms with E-state index < -0.39 is 12.0 Å². The lowest BCUT2D eigenvalue weighted by atomic mass is 9.96. The van der Waals surface area contributed by atoms with Crippen molar-refractivity contribution in [2.75, 3.05) is 19.1 Å². The molecule has 0 saturated carbocycles. The van der Waals surface area contributed by atoms with Crippen LogP contribution in [0.5, 0.6) is 0 Å². The highest BCUT2D eigenvalue weighted by atomic mass is 32.2. The smallest absolute Gasteiger partial charge is 0.328 e. The molecule has 3 aromatic rings. The second-order valence-corrected chi connectivity index (χ2v) is 8.59. The molecule has 2 aromatic carbocycles. The van der Waals surface area contributed by atoms with Crippen LogP contribution in [0.25, 0.3) is 11.6 Å². The molecule has 0 radical (unpaired) electrons. The molecule has 33 heavy (non-hydrogen) atoms. The Morgan fingerprint density at radius 1 is 1.12 bits per heavy atom. The minimum atomic E-state index is -0.657. The van der Waals surface area contributed by atoms with Crippen LogP contribution < -0.4 is 5.32 Å². The monoisotopic (exact) mass is 463 g/mol. The number of esters is 1. The van der Waals surface area contributed by atoms with Crippen molar-refractivity contribution in [1.82, 2.24) is 14.9 Å². The first kappa shape index (κ1) is 24.3. The second kappa shape index (κ2) is 12.1. The van der Waals surface area contributed by atoms with Gasteiger partial charge in [0.2, 0.25) is 0 Å². The molecule has 0 aliphatic heterocycles. The Morgan fingerprint density at radius 2 is 1.85 bits per heavy atom. The van der Waals surface area contributed by atoms with E-state index in [-0.39, 0.29) is 11.9 Å². The van der Waals surface area contributed by atoms with Crippen molar-refractivity contribution in [2.45, 2.75) is 25.4 Å². The molecule has 1 aromatic heterocycles. The molecule has 0 aliphatic carbocycles. The number of ether oxygens (including phenoxy) is 1. The van der Waals surface area contributed by atoms with Gasteiger partial charge in [-0.25, -0.2) is 9.78 Å². The molecular weight excluding hydrogens is 434 g/mol. The quantitative estimate of drug-likeness (QED) is 0.348. The van der Waals surface area contributed by atoms with Crippen LogP contribution in [0, 0.1) is 0 Å². The fraction of sp³-hybridized carbons (Fsp3) is 0.269. The largest absolute Gasteiger partial charge is 0.467 e. The predicted octanol–water partition coefficient (Wildman–Crippen LogP) is 4.71. The molecule has 1 N–H and O–H groups in total. The van der Waals surface area contributed by atoms with E-state index in [0.29, 0.717) is 12.0 Å². The van der Waals surface area contributed by atoms with E-state index in [9.17, 15) is 9.59 Å². The van der Waals surface area contributed by atoms with Crippen molar-refractivity contribution in [1.29, 1.82) is 0 Å². The molecule has 1 heterocycles. The number of hydrogen-bond donors (Lipinski definition) is 1. The molecule has 1 amide bonds. The number of rotatable bonds is 10. The first-order chi connectivity index (χ1) is 16.0. The van der Waals surface area contributed by atoms with E-state index in [1.807, 2.05) is 49.1 Å². The minimum Gasteiger partial charge on any atom is -0.467 e. The molecule has 172 valence electrons. The van der Waals surface area contributed by atoms with Gasteiger partial charge in [0.15, 0.2) is 0 Å². The van der Waals surface area contributed by atoms with Crippen molar-refractivity contribution < 1.29 is 14.3 Å². The summed E-state index contributed by atoms with van der Waals surface area (Å²) in [5.74, 6) is 0.0243. The Hall–Kier alpha value is -3.32. The van der Waals surface area contributed by atoms with Crippen molar-refractivity contribution in [3.63, 3.8) is 0 Å². The number of aromatic nitrogens is 2. The van der Waals surface area contributed by atoms with Gasteiger partial charge in [0.05, 0.1) is 19.5 Å². The summed E-state index contributed by atoms with van der Waals surface area (Å²) >= 11 is 1.62. The lowest BCUT2D eigenvalue weighted by molar-refractivity contribution is -0.142. The Bertz CT molecular complexity index is 1060. The topological polar surface area (TPSA) is 73.2 Å². The third kappa shape index (κ3) is 6.58. The van der Waals surface area contributed by atoms with Crippen LogP contribution >= 0.6 is 11.8 Å². The van der Waals surface area contributed by atoms with Gasteiger partial charge < -0.3 is 14.6 Å². The zero-order chi connectivity index (χ0) is 23.6. The number of methoxy groups -OCH3 is 1. The number of carbonyl (C=O) groups excluding carboxylic acids is 2. The summed E-state index contributed by atoms with van der Waals surface area (Å²) in [4.78, 5) is 28.9. The lowest BCUT2D eigenvalue weighted by Gasteiger charge is -2.18. The summed E-state index contributed by atoms with van der Waals surface area (Å²) in [6.45, 7) is 2.13. The molecule has 0 aliphatic rings. The molecule has 3 rings (SSSR count). The number of amides is 1. The van der Waals surface area contributed by atoms with Gasteiger partial charge >= 0.3 is 5.97 Å². The van der Waals surface area contributed by atoms with Gasteiger partial charge in [-0.3, -0.25) is 4.79 Å². The average Bonchev–Trinajstić information content (AvgIpc) is 3.40. The number of imidazole rings is 1. The first-order valence-corrected chi connectivity index (χ1v) is 12.1. The number of allylic oxidation sites excluding steroid dienone is 1. The Morgan fingerprint density at radius 3 is 2.45 bits per heavy atom. The second-order valence-electron chi connectivity index (χ2n) is 7.60. The van der Waals surface area contributed by atoms with Gasteiger partial charge in [0.25, 0.3) is 5.91 Å². The lowest BCUT2D eigenvalue weighted by Crippen LogP contribution is -2.41. The van der Waals surface area contributed by atoms with E-state index in [2.05, 4.69) is 40.0 Å². The number of nitrogens with zero attached hydrogens (tertiary/aromatic N) is 2. The van der Waals surface area contributed by atoms with Crippen molar-refractivity contribution in [3.8, 4) is 0 Å². The van der Waals surface area contributed by atoms with Gasteiger partial charge in [0.1, 0.15) is 6.04 Å². The van der Waals surface area contributed by atoms with Crippen molar-refractivity contribution in [2.24, 2.45) is 0 Å². The van der Waals surface area contributed by atoms with Gasteiger partial charge in [0, 0.05) is 18.0 Å². The van der Waals surface area contributed by atoms with Crippen LogP contribution in [0.1, 0.15) is 40.9 Å². The third-order valence-corrected chi connectivity index (χ3v) is 6.07. The van der Waals surface area contributed by atoms with E-state index in [4.69, 9.17) is 4.74 Å². The Balaban J connectivity index is 1.82. The molecule has 0 bridgehead atoms. The summed E-state index contributed by atoms with van der Waals surface area (Å²) in [5, 5.41) is 2.79. The molecular formula is C26H29N3O3S. The molecule has 7 heteroatoms. The summed E-state index contributed by atoms with van der Waals surface area (Å²) in [5.41, 5.74) is 3.72. The van der Waals surface area contributed by atoms with E-state index in [1.54, 1.807) is 30.1 Å². The summed E-state index contributed by atoms with van der Waals surface area (Å²) in [6.07, 6.45) is 10.1. The van der Waals surface area contributed by atoms with Gasteiger partial charge in [-0.1, -0.05) is 42.5 Å². The highest BCUT2D eigenvalue weighted by molar-refractivity contribution is 7.98. The van der Waals surface area contributed by atoms with Crippen LogP contribution in [0.4, 0.5) is 0 Å². The van der Waals surface area contributed by atoms with E-state index >= 15 is 0 Å². The maximum atomic E-state index is 12.7. The summed E-state index contributed by atoms with van der Waals surface area (Å²) in [7, 11) is 1.33.